The van der Waals surface area contributed by atoms with E-state index in [9.17, 15) is 18.3 Å². The molecule has 100 valence electrons. The molecule has 0 aromatic heterocycles. The van der Waals surface area contributed by atoms with Crippen molar-refractivity contribution in [3.05, 3.63) is 0 Å². The van der Waals surface area contributed by atoms with Crippen LogP contribution in [0.4, 0.5) is 13.2 Å². The zero-order chi connectivity index (χ0) is 12.7. The van der Waals surface area contributed by atoms with Crippen molar-refractivity contribution in [3.63, 3.8) is 0 Å². The number of ether oxygens (including phenoxy) is 1. The van der Waals surface area contributed by atoms with Gasteiger partial charge in [0.1, 0.15) is 0 Å². The minimum Gasteiger partial charge on any atom is -0.392 e. The molecule has 0 saturated heterocycles. The lowest BCUT2D eigenvalue weighted by Gasteiger charge is -2.56. The highest BCUT2D eigenvalue weighted by Gasteiger charge is 2.57. The zero-order valence-electron chi connectivity index (χ0n) is 9.96. The van der Waals surface area contributed by atoms with Gasteiger partial charge in [-0.3, -0.25) is 0 Å². The summed E-state index contributed by atoms with van der Waals surface area (Å²) in [5.41, 5.74) is -0.391. The summed E-state index contributed by atoms with van der Waals surface area (Å²) >= 11 is 0. The van der Waals surface area contributed by atoms with Crippen molar-refractivity contribution in [1.29, 1.82) is 0 Å². The summed E-state index contributed by atoms with van der Waals surface area (Å²) < 4.78 is 42.4. The average molecular weight is 252 g/mol. The maximum Gasteiger partial charge on any atom is 0.414 e. The predicted molar refractivity (Wildman–Crippen MR) is 56.5 cm³/mol. The van der Waals surface area contributed by atoms with Crippen LogP contribution >= 0.6 is 0 Å². The SMILES string of the molecule is CC(OC1CC(O)C12CCCCC2)C(F)(F)F. The van der Waals surface area contributed by atoms with Crippen molar-refractivity contribution >= 4 is 0 Å². The smallest absolute Gasteiger partial charge is 0.392 e. The van der Waals surface area contributed by atoms with Crippen molar-refractivity contribution < 1.29 is 23.0 Å². The minimum absolute atomic E-state index is 0.348. The van der Waals surface area contributed by atoms with Crippen LogP contribution in [0.5, 0.6) is 0 Å². The third kappa shape index (κ3) is 2.32. The zero-order valence-corrected chi connectivity index (χ0v) is 9.96. The van der Waals surface area contributed by atoms with E-state index in [-0.39, 0.29) is 0 Å². The Kier molecular flexibility index (Phi) is 3.42. The van der Waals surface area contributed by atoms with Crippen LogP contribution in [0.3, 0.4) is 0 Å². The van der Waals surface area contributed by atoms with Crippen molar-refractivity contribution in [3.8, 4) is 0 Å². The minimum atomic E-state index is -4.31. The quantitative estimate of drug-likeness (QED) is 0.818. The fraction of sp³-hybridized carbons (Fsp3) is 1.00. The molecule has 2 aliphatic rings. The summed E-state index contributed by atoms with van der Waals surface area (Å²) in [6, 6.07) is 0. The van der Waals surface area contributed by atoms with Crippen LogP contribution in [-0.2, 0) is 4.74 Å². The first-order valence-electron chi connectivity index (χ1n) is 6.26. The Labute approximate surface area is 99.1 Å². The number of halogens is 3. The van der Waals surface area contributed by atoms with E-state index in [0.717, 1.165) is 39.0 Å². The first-order chi connectivity index (χ1) is 7.86. The second-order valence-electron chi connectivity index (χ2n) is 5.35. The molecule has 1 N–H and O–H groups in total. The highest BCUT2D eigenvalue weighted by molar-refractivity contribution is 5.05. The summed E-state index contributed by atoms with van der Waals surface area (Å²) in [6.07, 6.45) is -1.93. The van der Waals surface area contributed by atoms with Crippen LogP contribution in [0.15, 0.2) is 0 Å². The molecular weight excluding hydrogens is 233 g/mol. The number of rotatable bonds is 2. The Bertz CT molecular complexity index is 271. The van der Waals surface area contributed by atoms with Crippen molar-refractivity contribution in [2.75, 3.05) is 0 Å². The summed E-state index contributed by atoms with van der Waals surface area (Å²) in [5, 5.41) is 9.85. The first-order valence-corrected chi connectivity index (χ1v) is 6.26. The average Bonchev–Trinajstić information content (AvgIpc) is 2.28. The van der Waals surface area contributed by atoms with Crippen LogP contribution in [0.1, 0.15) is 45.4 Å². The second kappa shape index (κ2) is 4.43. The Balaban J connectivity index is 1.98. The summed E-state index contributed by atoms with van der Waals surface area (Å²) in [6.45, 7) is 1.04. The van der Waals surface area contributed by atoms with Gasteiger partial charge in [-0.05, 0) is 19.8 Å². The number of hydrogen-bond acceptors (Lipinski definition) is 2. The van der Waals surface area contributed by atoms with Crippen LogP contribution in [0, 0.1) is 5.41 Å². The van der Waals surface area contributed by atoms with Crippen LogP contribution in [0.25, 0.3) is 0 Å². The molecule has 2 fully saturated rings. The molecule has 2 saturated carbocycles. The number of hydrogen-bond donors (Lipinski definition) is 1. The Morgan fingerprint density at radius 3 is 2.29 bits per heavy atom. The van der Waals surface area contributed by atoms with E-state index >= 15 is 0 Å². The van der Waals surface area contributed by atoms with Crippen LogP contribution < -0.4 is 0 Å². The van der Waals surface area contributed by atoms with Gasteiger partial charge < -0.3 is 9.84 Å². The lowest BCUT2D eigenvalue weighted by Crippen LogP contribution is -2.60. The van der Waals surface area contributed by atoms with Gasteiger partial charge in [-0.15, -0.1) is 0 Å². The van der Waals surface area contributed by atoms with Gasteiger partial charge in [0.25, 0.3) is 0 Å². The maximum absolute atomic E-state index is 12.4. The molecule has 0 aromatic carbocycles. The molecule has 5 heteroatoms. The van der Waals surface area contributed by atoms with Gasteiger partial charge in [-0.2, -0.15) is 13.2 Å². The van der Waals surface area contributed by atoms with E-state index in [2.05, 4.69) is 0 Å². The molecule has 2 aliphatic carbocycles. The number of aliphatic hydroxyl groups is 1. The Morgan fingerprint density at radius 1 is 1.24 bits per heavy atom. The van der Waals surface area contributed by atoms with E-state index in [0.29, 0.717) is 6.42 Å². The molecule has 0 aliphatic heterocycles. The van der Waals surface area contributed by atoms with Gasteiger partial charge in [0.2, 0.25) is 0 Å². The van der Waals surface area contributed by atoms with Gasteiger partial charge in [-0.1, -0.05) is 19.3 Å². The molecule has 3 atom stereocenters. The molecule has 0 bridgehead atoms. The number of alkyl halides is 3. The number of aliphatic hydroxyl groups excluding tert-OH is 1. The molecule has 17 heavy (non-hydrogen) atoms. The van der Waals surface area contributed by atoms with Gasteiger partial charge in [0, 0.05) is 11.8 Å². The molecule has 2 rings (SSSR count). The van der Waals surface area contributed by atoms with Gasteiger partial charge in [0.15, 0.2) is 6.10 Å². The van der Waals surface area contributed by atoms with Crippen molar-refractivity contribution in [2.45, 2.75) is 69.9 Å². The van der Waals surface area contributed by atoms with E-state index < -0.39 is 29.9 Å². The summed E-state index contributed by atoms with van der Waals surface area (Å²) in [5.74, 6) is 0. The normalized spacial score (nSPS) is 34.4. The molecule has 1 spiro atoms. The topological polar surface area (TPSA) is 29.5 Å². The predicted octanol–water partition coefficient (Wildman–Crippen LogP) is 3.04. The van der Waals surface area contributed by atoms with E-state index in [1.807, 2.05) is 0 Å². The van der Waals surface area contributed by atoms with Crippen LogP contribution in [0.2, 0.25) is 0 Å². The summed E-state index contributed by atoms with van der Waals surface area (Å²) in [4.78, 5) is 0. The van der Waals surface area contributed by atoms with Gasteiger partial charge in [0.05, 0.1) is 12.2 Å². The van der Waals surface area contributed by atoms with Gasteiger partial charge >= 0.3 is 6.18 Å². The first kappa shape index (κ1) is 13.1. The maximum atomic E-state index is 12.4. The van der Waals surface area contributed by atoms with E-state index in [1.54, 1.807) is 0 Å². The monoisotopic (exact) mass is 252 g/mol. The highest BCUT2D eigenvalue weighted by Crippen LogP contribution is 2.54. The largest absolute Gasteiger partial charge is 0.414 e. The lowest BCUT2D eigenvalue weighted by molar-refractivity contribution is -0.281. The Hall–Kier alpha value is -0.290. The third-order valence-corrected chi connectivity index (χ3v) is 4.36. The van der Waals surface area contributed by atoms with Crippen molar-refractivity contribution in [2.24, 2.45) is 5.41 Å². The van der Waals surface area contributed by atoms with Gasteiger partial charge in [-0.25, -0.2) is 0 Å². The molecule has 0 heterocycles. The lowest BCUT2D eigenvalue weighted by atomic mass is 9.56. The molecular formula is C12H19F3O2. The standard InChI is InChI=1S/C12H19F3O2/c1-8(12(13,14)15)17-10-7-9(16)11(10)5-3-2-4-6-11/h8-10,16H,2-7H2,1H3. The highest BCUT2D eigenvalue weighted by atomic mass is 19.4. The molecule has 3 unspecified atom stereocenters. The fourth-order valence-corrected chi connectivity index (χ4v) is 3.11. The molecule has 0 amide bonds. The Morgan fingerprint density at radius 2 is 1.82 bits per heavy atom. The summed E-state index contributed by atoms with van der Waals surface area (Å²) in [7, 11) is 0. The molecule has 2 nitrogen and oxygen atoms in total. The van der Waals surface area contributed by atoms with Crippen molar-refractivity contribution in [1.82, 2.24) is 0 Å². The molecule has 0 radical (unpaired) electrons. The van der Waals surface area contributed by atoms with E-state index in [4.69, 9.17) is 4.74 Å². The van der Waals surface area contributed by atoms with E-state index in [1.165, 1.54) is 0 Å². The second-order valence-corrected chi connectivity index (χ2v) is 5.35. The fourth-order valence-electron chi connectivity index (χ4n) is 3.11. The van der Waals surface area contributed by atoms with Crippen LogP contribution in [-0.4, -0.2) is 29.6 Å². The third-order valence-electron chi connectivity index (χ3n) is 4.36. The molecule has 0 aromatic rings.